The van der Waals surface area contributed by atoms with Crippen LogP contribution in [0, 0.1) is 6.92 Å². The monoisotopic (exact) mass is 244 g/mol. The highest BCUT2D eigenvalue weighted by Gasteiger charge is 2.16. The van der Waals surface area contributed by atoms with E-state index in [1.165, 1.54) is 12.7 Å². The molecule has 0 N–H and O–H groups in total. The first kappa shape index (κ1) is 12.4. The topological polar surface area (TPSA) is 35.5 Å². The zero-order valence-corrected chi connectivity index (χ0v) is 10.8. The molecule has 0 bridgehead atoms. The number of carbonyl (C=O) groups excluding carboxylic acids is 1. The summed E-state index contributed by atoms with van der Waals surface area (Å²) < 4.78 is 10.3. The minimum atomic E-state index is -0.610. The van der Waals surface area contributed by atoms with Gasteiger partial charge in [-0.25, -0.2) is 4.79 Å². The van der Waals surface area contributed by atoms with Crippen LogP contribution in [0.5, 0.6) is 5.75 Å². The van der Waals surface area contributed by atoms with Crippen molar-refractivity contribution in [2.24, 2.45) is 0 Å². The number of methoxy groups -OCH3 is 1. The maximum absolute atomic E-state index is 11.4. The predicted octanol–water partition coefficient (Wildman–Crippen LogP) is 3.09. The van der Waals surface area contributed by atoms with Gasteiger partial charge in [0.2, 0.25) is 0 Å². The summed E-state index contributed by atoms with van der Waals surface area (Å²) in [6.45, 7) is 3.73. The summed E-state index contributed by atoms with van der Waals surface area (Å²) in [4.78, 5) is 11.4. The normalized spacial score (nSPS) is 12.2. The summed E-state index contributed by atoms with van der Waals surface area (Å²) in [5.41, 5.74) is 1.18. The predicted molar refractivity (Wildman–Crippen MR) is 70.8 cm³/mol. The summed E-state index contributed by atoms with van der Waals surface area (Å²) in [6.07, 6.45) is -0.610. The molecular weight excluding hydrogens is 228 g/mol. The van der Waals surface area contributed by atoms with Crippen molar-refractivity contribution >= 4 is 16.7 Å². The smallest absolute Gasteiger partial charge is 0.346 e. The molecule has 0 saturated heterocycles. The Labute approximate surface area is 106 Å². The Bertz CT molecular complexity index is 575. The molecule has 0 fully saturated rings. The lowest BCUT2D eigenvalue weighted by Crippen LogP contribution is -2.24. The van der Waals surface area contributed by atoms with Gasteiger partial charge in [-0.2, -0.15) is 0 Å². The first-order valence-electron chi connectivity index (χ1n) is 5.86. The first-order valence-corrected chi connectivity index (χ1v) is 5.86. The SMILES string of the molecule is COC(=O)[C@@H](C)Oc1ccc(C)c2ccccc12. The Hall–Kier alpha value is -2.03. The van der Waals surface area contributed by atoms with Crippen LogP contribution >= 0.6 is 0 Å². The van der Waals surface area contributed by atoms with Gasteiger partial charge in [-0.15, -0.1) is 0 Å². The lowest BCUT2D eigenvalue weighted by atomic mass is 10.0. The van der Waals surface area contributed by atoms with Crippen molar-refractivity contribution < 1.29 is 14.3 Å². The van der Waals surface area contributed by atoms with E-state index in [1.807, 2.05) is 36.4 Å². The molecule has 18 heavy (non-hydrogen) atoms. The van der Waals surface area contributed by atoms with Gasteiger partial charge >= 0.3 is 5.97 Å². The summed E-state index contributed by atoms with van der Waals surface area (Å²) in [6, 6.07) is 11.8. The second-order valence-corrected chi connectivity index (χ2v) is 4.21. The van der Waals surface area contributed by atoms with Gasteiger partial charge in [-0.05, 0) is 30.9 Å². The van der Waals surface area contributed by atoms with E-state index in [1.54, 1.807) is 6.92 Å². The zero-order valence-electron chi connectivity index (χ0n) is 10.8. The third kappa shape index (κ3) is 2.30. The molecule has 0 radical (unpaired) electrons. The van der Waals surface area contributed by atoms with Crippen LogP contribution in [-0.4, -0.2) is 19.2 Å². The van der Waals surface area contributed by atoms with Gasteiger partial charge in [0, 0.05) is 5.39 Å². The fraction of sp³-hybridized carbons (Fsp3) is 0.267. The minimum absolute atomic E-state index is 0.375. The summed E-state index contributed by atoms with van der Waals surface area (Å²) in [5.74, 6) is 0.328. The van der Waals surface area contributed by atoms with E-state index < -0.39 is 6.10 Å². The number of hydrogen-bond donors (Lipinski definition) is 0. The molecule has 0 aliphatic rings. The number of esters is 1. The van der Waals surface area contributed by atoms with E-state index in [9.17, 15) is 4.79 Å². The van der Waals surface area contributed by atoms with Crippen LogP contribution < -0.4 is 4.74 Å². The van der Waals surface area contributed by atoms with Gasteiger partial charge in [-0.3, -0.25) is 0 Å². The quantitative estimate of drug-likeness (QED) is 0.778. The standard InChI is InChI=1S/C15H16O3/c1-10-8-9-14(18-11(2)15(16)17-3)13-7-5-4-6-12(10)13/h4-9,11H,1-3H3/t11-/m1/s1. The zero-order chi connectivity index (χ0) is 13.1. The number of rotatable bonds is 3. The molecular formula is C15H16O3. The van der Waals surface area contributed by atoms with Crippen molar-refractivity contribution in [2.75, 3.05) is 7.11 Å². The molecule has 0 aliphatic carbocycles. The van der Waals surface area contributed by atoms with Gasteiger partial charge in [0.05, 0.1) is 7.11 Å². The average molecular weight is 244 g/mol. The minimum Gasteiger partial charge on any atom is -0.478 e. The lowest BCUT2D eigenvalue weighted by molar-refractivity contribution is -0.147. The Balaban J connectivity index is 2.40. The Kier molecular flexibility index (Phi) is 3.51. The van der Waals surface area contributed by atoms with Crippen LogP contribution in [-0.2, 0) is 9.53 Å². The fourth-order valence-electron chi connectivity index (χ4n) is 1.93. The van der Waals surface area contributed by atoms with Crippen LogP contribution in [0.25, 0.3) is 10.8 Å². The molecule has 3 nitrogen and oxygen atoms in total. The highest BCUT2D eigenvalue weighted by Crippen LogP contribution is 2.28. The Morgan fingerprint density at radius 3 is 2.44 bits per heavy atom. The fourth-order valence-corrected chi connectivity index (χ4v) is 1.93. The van der Waals surface area contributed by atoms with Gasteiger partial charge in [0.15, 0.2) is 6.10 Å². The van der Waals surface area contributed by atoms with Crippen LogP contribution in [0.2, 0.25) is 0 Å². The van der Waals surface area contributed by atoms with E-state index >= 15 is 0 Å². The van der Waals surface area contributed by atoms with Gasteiger partial charge in [-0.1, -0.05) is 30.3 Å². The molecule has 2 rings (SSSR count). The van der Waals surface area contributed by atoms with Crippen molar-refractivity contribution in [1.29, 1.82) is 0 Å². The van der Waals surface area contributed by atoms with Crippen molar-refractivity contribution in [1.82, 2.24) is 0 Å². The number of hydrogen-bond acceptors (Lipinski definition) is 3. The van der Waals surface area contributed by atoms with Crippen molar-refractivity contribution in [2.45, 2.75) is 20.0 Å². The molecule has 0 spiro atoms. The van der Waals surface area contributed by atoms with Gasteiger partial charge in [0.1, 0.15) is 5.75 Å². The Morgan fingerprint density at radius 1 is 1.11 bits per heavy atom. The number of aryl methyl sites for hydroxylation is 1. The molecule has 0 aromatic heterocycles. The van der Waals surface area contributed by atoms with E-state index in [4.69, 9.17) is 4.74 Å². The van der Waals surface area contributed by atoms with E-state index in [0.717, 1.165) is 10.8 Å². The molecule has 94 valence electrons. The van der Waals surface area contributed by atoms with E-state index in [-0.39, 0.29) is 5.97 Å². The van der Waals surface area contributed by atoms with Gasteiger partial charge in [0.25, 0.3) is 0 Å². The van der Waals surface area contributed by atoms with Crippen molar-refractivity contribution in [3.05, 3.63) is 42.0 Å². The molecule has 2 aromatic carbocycles. The van der Waals surface area contributed by atoms with Crippen molar-refractivity contribution in [3.8, 4) is 5.75 Å². The molecule has 0 aliphatic heterocycles. The summed E-state index contributed by atoms with van der Waals surface area (Å²) in [7, 11) is 1.36. The molecule has 0 unspecified atom stereocenters. The maximum atomic E-state index is 11.4. The third-order valence-corrected chi connectivity index (χ3v) is 2.94. The number of fused-ring (bicyclic) bond motifs is 1. The highest BCUT2D eigenvalue weighted by molar-refractivity contribution is 5.91. The molecule has 1 atom stereocenters. The maximum Gasteiger partial charge on any atom is 0.346 e. The second-order valence-electron chi connectivity index (χ2n) is 4.21. The van der Waals surface area contributed by atoms with Crippen LogP contribution in [0.4, 0.5) is 0 Å². The van der Waals surface area contributed by atoms with Crippen LogP contribution in [0.3, 0.4) is 0 Å². The first-order chi connectivity index (χ1) is 8.63. The molecule has 2 aromatic rings. The highest BCUT2D eigenvalue weighted by atomic mass is 16.6. The average Bonchev–Trinajstić information content (AvgIpc) is 2.41. The number of benzene rings is 2. The largest absolute Gasteiger partial charge is 0.478 e. The molecule has 0 saturated carbocycles. The second kappa shape index (κ2) is 5.08. The lowest BCUT2D eigenvalue weighted by Gasteiger charge is -2.15. The van der Waals surface area contributed by atoms with E-state index in [0.29, 0.717) is 5.75 Å². The van der Waals surface area contributed by atoms with Crippen LogP contribution in [0.1, 0.15) is 12.5 Å². The third-order valence-electron chi connectivity index (χ3n) is 2.94. The summed E-state index contributed by atoms with van der Waals surface area (Å²) in [5, 5.41) is 2.14. The van der Waals surface area contributed by atoms with Gasteiger partial charge < -0.3 is 9.47 Å². The number of carbonyl (C=O) groups is 1. The summed E-state index contributed by atoms with van der Waals surface area (Å²) >= 11 is 0. The molecule has 3 heteroatoms. The van der Waals surface area contributed by atoms with E-state index in [2.05, 4.69) is 11.7 Å². The molecule has 0 amide bonds. The Morgan fingerprint density at radius 2 is 1.78 bits per heavy atom. The number of ether oxygens (including phenoxy) is 2. The molecule has 0 heterocycles. The van der Waals surface area contributed by atoms with Crippen molar-refractivity contribution in [3.63, 3.8) is 0 Å². The van der Waals surface area contributed by atoms with Crippen LogP contribution in [0.15, 0.2) is 36.4 Å².